The molecule has 1 aromatic rings. The minimum absolute atomic E-state index is 0.0959. The third-order valence-electron chi connectivity index (χ3n) is 2.04. The average Bonchev–Trinajstić information content (AvgIpc) is 2.26. The van der Waals surface area contributed by atoms with Crippen LogP contribution in [0.15, 0.2) is 23.4 Å². The van der Waals surface area contributed by atoms with Crippen LogP contribution < -0.4 is 0 Å². The van der Waals surface area contributed by atoms with Gasteiger partial charge in [-0.1, -0.05) is 13.0 Å². The van der Waals surface area contributed by atoms with Gasteiger partial charge in [-0.15, -0.1) is 11.8 Å². The van der Waals surface area contributed by atoms with E-state index in [0.717, 1.165) is 10.6 Å². The Morgan fingerprint density at radius 3 is 3.00 bits per heavy atom. The topological polar surface area (TPSA) is 39.2 Å². The van der Waals surface area contributed by atoms with Crippen molar-refractivity contribution in [2.75, 3.05) is 12.9 Å². The highest BCUT2D eigenvalue weighted by Gasteiger charge is 2.13. The summed E-state index contributed by atoms with van der Waals surface area (Å²) in [6, 6.07) is 3.92. The van der Waals surface area contributed by atoms with Gasteiger partial charge in [-0.3, -0.25) is 4.79 Å². The van der Waals surface area contributed by atoms with Crippen LogP contribution in [0.25, 0.3) is 0 Å². The molecule has 0 fully saturated rings. The molecule has 0 aliphatic heterocycles. The fraction of sp³-hybridized carbons (Fsp3) is 0.455. The number of aryl methyl sites for hydroxylation is 1. The lowest BCUT2D eigenvalue weighted by Crippen LogP contribution is -2.14. The fourth-order valence-electron chi connectivity index (χ4n) is 1.10. The fourth-order valence-corrected chi connectivity index (χ4v) is 2.07. The number of carbonyl (C=O) groups excluding carboxylic acids is 1. The van der Waals surface area contributed by atoms with Gasteiger partial charge in [0.05, 0.1) is 18.1 Å². The Hall–Kier alpha value is -1.03. The Bertz CT molecular complexity index is 341. The molecule has 0 aliphatic rings. The summed E-state index contributed by atoms with van der Waals surface area (Å²) < 4.78 is 4.66. The molecule has 0 amide bonds. The number of esters is 1. The van der Waals surface area contributed by atoms with Crippen LogP contribution in [0.3, 0.4) is 0 Å². The van der Waals surface area contributed by atoms with Crippen molar-refractivity contribution in [3.63, 3.8) is 0 Å². The van der Waals surface area contributed by atoms with E-state index in [1.807, 2.05) is 26.0 Å². The molecule has 0 radical (unpaired) electrons. The summed E-state index contributed by atoms with van der Waals surface area (Å²) in [6.07, 6.45) is 1.76. The maximum absolute atomic E-state index is 11.2. The van der Waals surface area contributed by atoms with Crippen molar-refractivity contribution < 1.29 is 9.53 Å². The van der Waals surface area contributed by atoms with Crippen LogP contribution in [0.5, 0.6) is 0 Å². The van der Waals surface area contributed by atoms with Gasteiger partial charge in [0, 0.05) is 11.9 Å². The Balaban J connectivity index is 2.50. The molecule has 1 atom stereocenters. The first-order valence-electron chi connectivity index (χ1n) is 4.77. The first-order chi connectivity index (χ1) is 7.15. The molecule has 1 heterocycles. The highest BCUT2D eigenvalue weighted by atomic mass is 32.2. The van der Waals surface area contributed by atoms with E-state index < -0.39 is 0 Å². The number of ether oxygens (including phenoxy) is 1. The molecule has 1 aromatic heterocycles. The summed E-state index contributed by atoms with van der Waals surface area (Å²) in [4.78, 5) is 15.4. The number of aromatic nitrogens is 1. The van der Waals surface area contributed by atoms with Crippen LogP contribution in [0.1, 0.15) is 12.5 Å². The Morgan fingerprint density at radius 2 is 2.40 bits per heavy atom. The standard InChI is InChI=1S/C11H15NO2S/c1-8-5-4-6-12-10(8)15-7-9(2)11(13)14-3/h4-6,9H,7H2,1-3H3. The predicted molar refractivity (Wildman–Crippen MR) is 60.9 cm³/mol. The smallest absolute Gasteiger partial charge is 0.309 e. The molecule has 0 bridgehead atoms. The van der Waals surface area contributed by atoms with Crippen LogP contribution in [0.2, 0.25) is 0 Å². The largest absolute Gasteiger partial charge is 0.469 e. The SMILES string of the molecule is COC(=O)C(C)CSc1ncccc1C. The highest BCUT2D eigenvalue weighted by molar-refractivity contribution is 7.99. The zero-order chi connectivity index (χ0) is 11.3. The summed E-state index contributed by atoms with van der Waals surface area (Å²) in [7, 11) is 1.41. The van der Waals surface area contributed by atoms with Crippen LogP contribution in [0, 0.1) is 12.8 Å². The van der Waals surface area contributed by atoms with E-state index >= 15 is 0 Å². The number of nitrogens with zero attached hydrogens (tertiary/aromatic N) is 1. The van der Waals surface area contributed by atoms with Crippen molar-refractivity contribution in [3.05, 3.63) is 23.9 Å². The second kappa shape index (κ2) is 5.75. The lowest BCUT2D eigenvalue weighted by Gasteiger charge is -2.08. The number of rotatable bonds is 4. The van der Waals surface area contributed by atoms with Gasteiger partial charge < -0.3 is 4.74 Å². The lowest BCUT2D eigenvalue weighted by molar-refractivity contribution is -0.143. The van der Waals surface area contributed by atoms with Crippen LogP contribution in [-0.4, -0.2) is 23.8 Å². The third-order valence-corrected chi connectivity index (χ3v) is 3.40. The molecular weight excluding hydrogens is 210 g/mol. The van der Waals surface area contributed by atoms with E-state index in [1.165, 1.54) is 7.11 Å². The van der Waals surface area contributed by atoms with Crippen molar-refractivity contribution in [1.82, 2.24) is 4.98 Å². The zero-order valence-electron chi connectivity index (χ0n) is 9.19. The van der Waals surface area contributed by atoms with Gasteiger partial charge in [0.1, 0.15) is 0 Å². The minimum Gasteiger partial charge on any atom is -0.469 e. The molecule has 0 saturated carbocycles. The van der Waals surface area contributed by atoms with Crippen LogP contribution in [0.4, 0.5) is 0 Å². The number of hydrogen-bond acceptors (Lipinski definition) is 4. The molecule has 0 saturated heterocycles. The zero-order valence-corrected chi connectivity index (χ0v) is 10.0. The predicted octanol–water partition coefficient (Wildman–Crippen LogP) is 2.29. The Morgan fingerprint density at radius 1 is 1.67 bits per heavy atom. The minimum atomic E-state index is -0.170. The quantitative estimate of drug-likeness (QED) is 0.582. The lowest BCUT2D eigenvalue weighted by atomic mass is 10.2. The molecule has 3 nitrogen and oxygen atoms in total. The van der Waals surface area contributed by atoms with Gasteiger partial charge in [0.15, 0.2) is 0 Å². The first kappa shape index (κ1) is 12.0. The highest BCUT2D eigenvalue weighted by Crippen LogP contribution is 2.21. The third kappa shape index (κ3) is 3.55. The van der Waals surface area contributed by atoms with E-state index in [0.29, 0.717) is 5.75 Å². The van der Waals surface area contributed by atoms with Gasteiger partial charge in [-0.05, 0) is 18.6 Å². The summed E-state index contributed by atoms with van der Waals surface area (Å²) >= 11 is 1.59. The molecule has 1 rings (SSSR count). The normalized spacial score (nSPS) is 12.2. The summed E-state index contributed by atoms with van der Waals surface area (Å²) in [5, 5.41) is 0.980. The van der Waals surface area contributed by atoms with Crippen molar-refractivity contribution in [2.45, 2.75) is 18.9 Å². The van der Waals surface area contributed by atoms with Crippen LogP contribution in [-0.2, 0) is 9.53 Å². The van der Waals surface area contributed by atoms with Crippen molar-refractivity contribution in [2.24, 2.45) is 5.92 Å². The van der Waals surface area contributed by atoms with Crippen LogP contribution >= 0.6 is 11.8 Å². The number of pyridine rings is 1. The van der Waals surface area contributed by atoms with Gasteiger partial charge in [0.25, 0.3) is 0 Å². The Kier molecular flexibility index (Phi) is 4.62. The van der Waals surface area contributed by atoms with Gasteiger partial charge in [0.2, 0.25) is 0 Å². The molecule has 0 N–H and O–H groups in total. The van der Waals surface area contributed by atoms with Crippen molar-refractivity contribution >= 4 is 17.7 Å². The number of carbonyl (C=O) groups is 1. The van der Waals surface area contributed by atoms with E-state index in [4.69, 9.17) is 0 Å². The molecule has 0 aromatic carbocycles. The number of thioether (sulfide) groups is 1. The Labute approximate surface area is 94.2 Å². The molecular formula is C11H15NO2S. The summed E-state index contributed by atoms with van der Waals surface area (Å²) in [5.74, 6) is 0.433. The second-order valence-electron chi connectivity index (χ2n) is 3.36. The van der Waals surface area contributed by atoms with Crippen molar-refractivity contribution in [1.29, 1.82) is 0 Å². The second-order valence-corrected chi connectivity index (χ2v) is 4.37. The van der Waals surface area contributed by atoms with Gasteiger partial charge in [-0.2, -0.15) is 0 Å². The maximum Gasteiger partial charge on any atom is 0.309 e. The van der Waals surface area contributed by atoms with E-state index in [-0.39, 0.29) is 11.9 Å². The molecule has 1 unspecified atom stereocenters. The molecule has 15 heavy (non-hydrogen) atoms. The average molecular weight is 225 g/mol. The number of hydrogen-bond donors (Lipinski definition) is 0. The van der Waals surface area contributed by atoms with Crippen molar-refractivity contribution in [3.8, 4) is 0 Å². The first-order valence-corrected chi connectivity index (χ1v) is 5.76. The maximum atomic E-state index is 11.2. The summed E-state index contributed by atoms with van der Waals surface area (Å²) in [5.41, 5.74) is 1.14. The van der Waals surface area contributed by atoms with E-state index in [2.05, 4.69) is 9.72 Å². The molecule has 4 heteroatoms. The molecule has 0 spiro atoms. The van der Waals surface area contributed by atoms with Gasteiger partial charge >= 0.3 is 5.97 Å². The van der Waals surface area contributed by atoms with E-state index in [1.54, 1.807) is 18.0 Å². The van der Waals surface area contributed by atoms with E-state index in [9.17, 15) is 4.79 Å². The number of methoxy groups -OCH3 is 1. The molecule has 0 aliphatic carbocycles. The summed E-state index contributed by atoms with van der Waals surface area (Å²) in [6.45, 7) is 3.87. The molecule has 82 valence electrons. The monoisotopic (exact) mass is 225 g/mol. The van der Waals surface area contributed by atoms with Gasteiger partial charge in [-0.25, -0.2) is 4.98 Å².